The van der Waals surface area contributed by atoms with Gasteiger partial charge in [0.25, 0.3) is 0 Å². The Labute approximate surface area is 157 Å². The molecule has 2 atom stereocenters. The molecule has 0 spiro atoms. The second-order valence-corrected chi connectivity index (χ2v) is 6.68. The number of rotatable bonds is 6. The highest BCUT2D eigenvalue weighted by molar-refractivity contribution is 6.30. The Hall–Kier alpha value is -2.15. The van der Waals surface area contributed by atoms with Crippen LogP contribution in [0.3, 0.4) is 0 Å². The van der Waals surface area contributed by atoms with Gasteiger partial charge in [-0.2, -0.15) is 0 Å². The van der Waals surface area contributed by atoms with Gasteiger partial charge in [-0.25, -0.2) is 15.2 Å². The lowest BCUT2D eigenvalue weighted by Crippen LogP contribution is -2.45. The molecule has 0 saturated carbocycles. The average Bonchev–Trinajstić information content (AvgIpc) is 3.13. The van der Waals surface area contributed by atoms with Crippen LogP contribution in [0.4, 0.5) is 4.39 Å². The normalized spacial score (nSPS) is 19.3. The largest absolute Gasteiger partial charge is 0.492 e. The molecule has 1 heterocycles. The van der Waals surface area contributed by atoms with Crippen LogP contribution in [0.1, 0.15) is 18.0 Å². The van der Waals surface area contributed by atoms with Gasteiger partial charge in [0.05, 0.1) is 6.54 Å². The molecule has 2 unspecified atom stereocenters. The van der Waals surface area contributed by atoms with Crippen LogP contribution in [-0.4, -0.2) is 37.0 Å². The summed E-state index contributed by atoms with van der Waals surface area (Å²) in [5, 5.41) is 0.675. The molecule has 1 amide bonds. The first-order valence-corrected chi connectivity index (χ1v) is 8.80. The highest BCUT2D eigenvalue weighted by Crippen LogP contribution is 2.25. The zero-order chi connectivity index (χ0) is 18.5. The molecule has 0 radical (unpaired) electrons. The fourth-order valence-corrected chi connectivity index (χ4v) is 3.07. The third-order valence-electron chi connectivity index (χ3n) is 4.34. The Balaban J connectivity index is 1.47. The van der Waals surface area contributed by atoms with E-state index >= 15 is 0 Å². The van der Waals surface area contributed by atoms with Crippen molar-refractivity contribution in [3.8, 4) is 5.75 Å². The first-order chi connectivity index (χ1) is 12.5. The molecule has 1 aliphatic heterocycles. The number of carbonyl (C=O) groups is 1. The van der Waals surface area contributed by atoms with Crippen LogP contribution >= 0.6 is 11.6 Å². The van der Waals surface area contributed by atoms with Gasteiger partial charge in [-0.3, -0.25) is 4.79 Å². The van der Waals surface area contributed by atoms with E-state index in [9.17, 15) is 9.18 Å². The van der Waals surface area contributed by atoms with Crippen LogP contribution in [-0.2, 0) is 4.79 Å². The van der Waals surface area contributed by atoms with Crippen molar-refractivity contribution < 1.29 is 13.9 Å². The average molecular weight is 378 g/mol. The molecule has 1 aliphatic rings. The van der Waals surface area contributed by atoms with Gasteiger partial charge < -0.3 is 9.64 Å². The smallest absolute Gasteiger partial charge is 0.240 e. The summed E-state index contributed by atoms with van der Waals surface area (Å²) in [5.74, 6) is 0.261. The third kappa shape index (κ3) is 4.72. The fraction of sp³-hybridized carbons (Fsp3) is 0.316. The van der Waals surface area contributed by atoms with E-state index in [1.807, 2.05) is 24.3 Å². The molecule has 2 N–H and O–H groups in total. The SMILES string of the molecule is CN(CCOc1ccc(F)cc1)C(=O)C1CC(c2cccc(Cl)c2)NN1. The van der Waals surface area contributed by atoms with E-state index in [4.69, 9.17) is 16.3 Å². The van der Waals surface area contributed by atoms with Crippen molar-refractivity contribution in [3.05, 3.63) is 64.9 Å². The standard InChI is InChI=1S/C19H21ClFN3O2/c1-24(9-10-26-16-7-5-15(21)6-8-16)19(25)18-12-17(22-23-18)13-3-2-4-14(20)11-13/h2-8,11,17-18,22-23H,9-10,12H2,1H3. The molecule has 1 fully saturated rings. The van der Waals surface area contributed by atoms with Gasteiger partial charge in [0.1, 0.15) is 24.2 Å². The van der Waals surface area contributed by atoms with E-state index in [-0.39, 0.29) is 23.8 Å². The van der Waals surface area contributed by atoms with Gasteiger partial charge in [-0.15, -0.1) is 0 Å². The second kappa shape index (κ2) is 8.49. The van der Waals surface area contributed by atoms with Crippen molar-refractivity contribution in [3.63, 3.8) is 0 Å². The summed E-state index contributed by atoms with van der Waals surface area (Å²) in [5.41, 5.74) is 7.25. The van der Waals surface area contributed by atoms with Gasteiger partial charge >= 0.3 is 0 Å². The topological polar surface area (TPSA) is 53.6 Å². The minimum absolute atomic E-state index is 0.00951. The van der Waals surface area contributed by atoms with Gasteiger partial charge in [-0.05, 0) is 48.4 Å². The predicted molar refractivity (Wildman–Crippen MR) is 98.4 cm³/mol. The van der Waals surface area contributed by atoms with Crippen LogP contribution in [0.2, 0.25) is 5.02 Å². The monoisotopic (exact) mass is 377 g/mol. The molecule has 2 aromatic carbocycles. The summed E-state index contributed by atoms with van der Waals surface area (Å²) >= 11 is 6.03. The van der Waals surface area contributed by atoms with E-state index in [0.717, 1.165) is 5.56 Å². The van der Waals surface area contributed by atoms with Crippen molar-refractivity contribution in [1.29, 1.82) is 0 Å². The van der Waals surface area contributed by atoms with E-state index in [2.05, 4.69) is 10.9 Å². The highest BCUT2D eigenvalue weighted by Gasteiger charge is 2.31. The molecule has 26 heavy (non-hydrogen) atoms. The Kier molecular flexibility index (Phi) is 6.08. The number of carbonyl (C=O) groups excluding carboxylic acids is 1. The van der Waals surface area contributed by atoms with Crippen molar-refractivity contribution in [2.75, 3.05) is 20.2 Å². The molecule has 3 rings (SSSR count). The number of hydrazine groups is 1. The van der Waals surface area contributed by atoms with Crippen molar-refractivity contribution in [2.24, 2.45) is 0 Å². The van der Waals surface area contributed by atoms with E-state index in [1.165, 1.54) is 12.1 Å². The molecular formula is C19H21ClFN3O2. The molecule has 5 nitrogen and oxygen atoms in total. The predicted octanol–water partition coefficient (Wildman–Crippen LogP) is 2.92. The highest BCUT2D eigenvalue weighted by atomic mass is 35.5. The van der Waals surface area contributed by atoms with Crippen LogP contribution in [0.5, 0.6) is 5.75 Å². The number of ether oxygens (including phenoxy) is 1. The number of hydrogen-bond donors (Lipinski definition) is 2. The summed E-state index contributed by atoms with van der Waals surface area (Å²) in [6, 6.07) is 13.1. The molecule has 138 valence electrons. The molecule has 0 bridgehead atoms. The molecule has 7 heteroatoms. The zero-order valence-corrected chi connectivity index (χ0v) is 15.2. The summed E-state index contributed by atoms with van der Waals surface area (Å²) < 4.78 is 18.4. The van der Waals surface area contributed by atoms with Crippen LogP contribution in [0, 0.1) is 5.82 Å². The van der Waals surface area contributed by atoms with Gasteiger partial charge in [0.15, 0.2) is 0 Å². The maximum absolute atomic E-state index is 12.9. The summed E-state index contributed by atoms with van der Waals surface area (Å²) in [6.45, 7) is 0.780. The third-order valence-corrected chi connectivity index (χ3v) is 4.57. The number of likely N-dealkylation sites (N-methyl/N-ethyl adjacent to an activating group) is 1. The van der Waals surface area contributed by atoms with E-state index in [1.54, 1.807) is 24.1 Å². The minimum atomic E-state index is -0.310. The Bertz CT molecular complexity index is 757. The number of hydrogen-bond acceptors (Lipinski definition) is 4. The maximum Gasteiger partial charge on any atom is 0.240 e. The lowest BCUT2D eigenvalue weighted by Gasteiger charge is -2.21. The Morgan fingerprint density at radius 1 is 1.27 bits per heavy atom. The molecule has 1 saturated heterocycles. The number of halogens is 2. The number of benzene rings is 2. The number of nitrogens with one attached hydrogen (secondary N) is 2. The number of amides is 1. The van der Waals surface area contributed by atoms with Crippen molar-refractivity contribution in [2.45, 2.75) is 18.5 Å². The minimum Gasteiger partial charge on any atom is -0.492 e. The lowest BCUT2D eigenvalue weighted by atomic mass is 10.0. The second-order valence-electron chi connectivity index (χ2n) is 6.25. The molecule has 0 aliphatic carbocycles. The van der Waals surface area contributed by atoms with Crippen LogP contribution in [0.25, 0.3) is 0 Å². The first-order valence-electron chi connectivity index (χ1n) is 8.43. The van der Waals surface area contributed by atoms with Gasteiger partial charge in [0.2, 0.25) is 5.91 Å². The quantitative estimate of drug-likeness (QED) is 0.812. The summed E-state index contributed by atoms with van der Waals surface area (Å²) in [7, 11) is 1.74. The molecule has 0 aromatic heterocycles. The number of nitrogens with zero attached hydrogens (tertiary/aromatic N) is 1. The van der Waals surface area contributed by atoms with Crippen LogP contribution in [0.15, 0.2) is 48.5 Å². The fourth-order valence-electron chi connectivity index (χ4n) is 2.87. The van der Waals surface area contributed by atoms with Gasteiger partial charge in [-0.1, -0.05) is 23.7 Å². The Morgan fingerprint density at radius 3 is 2.77 bits per heavy atom. The zero-order valence-electron chi connectivity index (χ0n) is 14.4. The van der Waals surface area contributed by atoms with Crippen molar-refractivity contribution in [1.82, 2.24) is 15.8 Å². The lowest BCUT2D eigenvalue weighted by molar-refractivity contribution is -0.132. The van der Waals surface area contributed by atoms with Crippen molar-refractivity contribution >= 4 is 17.5 Å². The van der Waals surface area contributed by atoms with Crippen LogP contribution < -0.4 is 15.6 Å². The molecule has 2 aromatic rings. The Morgan fingerprint density at radius 2 is 2.04 bits per heavy atom. The van der Waals surface area contributed by atoms with Gasteiger partial charge in [0, 0.05) is 18.1 Å². The maximum atomic E-state index is 12.9. The molecular weight excluding hydrogens is 357 g/mol. The van der Waals surface area contributed by atoms with E-state index in [0.29, 0.717) is 30.3 Å². The first kappa shape index (κ1) is 18.6. The summed E-state index contributed by atoms with van der Waals surface area (Å²) in [6.07, 6.45) is 0.641. The van der Waals surface area contributed by atoms with E-state index < -0.39 is 0 Å². The summed E-state index contributed by atoms with van der Waals surface area (Å²) in [4.78, 5) is 14.2.